The van der Waals surface area contributed by atoms with Gasteiger partial charge in [0.15, 0.2) is 0 Å². The van der Waals surface area contributed by atoms with Crippen LogP contribution in [0.1, 0.15) is 35.0 Å². The van der Waals surface area contributed by atoms with Crippen LogP contribution in [0.3, 0.4) is 0 Å². The smallest absolute Gasteiger partial charge is 0.254 e. The third-order valence-electron chi connectivity index (χ3n) is 3.27. The molecule has 0 spiro atoms. The van der Waals surface area contributed by atoms with Gasteiger partial charge in [0, 0.05) is 30.2 Å². The van der Waals surface area contributed by atoms with E-state index < -0.39 is 0 Å². The first-order chi connectivity index (χ1) is 10.1. The van der Waals surface area contributed by atoms with E-state index in [-0.39, 0.29) is 5.91 Å². The first kappa shape index (κ1) is 15.5. The van der Waals surface area contributed by atoms with Crippen molar-refractivity contribution in [3.63, 3.8) is 0 Å². The highest BCUT2D eigenvalue weighted by atomic mass is 32.1. The molecule has 0 aliphatic rings. The van der Waals surface area contributed by atoms with Crippen molar-refractivity contribution in [3.8, 4) is 0 Å². The topological polar surface area (TPSA) is 45.2 Å². The van der Waals surface area contributed by atoms with Crippen LogP contribution in [-0.4, -0.2) is 29.4 Å². The monoisotopic (exact) mass is 303 g/mol. The zero-order valence-electron chi connectivity index (χ0n) is 12.7. The van der Waals surface area contributed by atoms with Crippen LogP contribution in [-0.2, 0) is 6.54 Å². The van der Waals surface area contributed by atoms with Gasteiger partial charge in [-0.3, -0.25) is 4.79 Å². The lowest BCUT2D eigenvalue weighted by atomic mass is 10.1. The van der Waals surface area contributed by atoms with Gasteiger partial charge in [-0.1, -0.05) is 6.92 Å². The summed E-state index contributed by atoms with van der Waals surface area (Å²) < 4.78 is 0. The molecule has 21 heavy (non-hydrogen) atoms. The van der Waals surface area contributed by atoms with E-state index in [4.69, 9.17) is 0 Å². The van der Waals surface area contributed by atoms with E-state index in [2.05, 4.69) is 17.2 Å². The van der Waals surface area contributed by atoms with Crippen LogP contribution in [0.4, 0.5) is 5.69 Å². The maximum absolute atomic E-state index is 12.5. The van der Waals surface area contributed by atoms with Crippen LogP contribution in [0.2, 0.25) is 0 Å². The standard InChI is InChI=1S/C16H21N3OS/c1-4-7-17-13-5-6-15(12(2)8-13)16(20)19(3)9-14-10-21-11-18-14/h5-6,8,10-11,17H,4,7,9H2,1-3H3. The quantitative estimate of drug-likeness (QED) is 0.887. The van der Waals surface area contributed by atoms with Crippen LogP contribution < -0.4 is 5.32 Å². The van der Waals surface area contributed by atoms with Crippen LogP contribution >= 0.6 is 11.3 Å². The Labute approximate surface area is 129 Å². The number of nitrogens with zero attached hydrogens (tertiary/aromatic N) is 2. The fourth-order valence-corrected chi connectivity index (χ4v) is 2.67. The second-order valence-corrected chi connectivity index (χ2v) is 5.82. The number of benzene rings is 1. The minimum Gasteiger partial charge on any atom is -0.385 e. The van der Waals surface area contributed by atoms with E-state index in [0.717, 1.165) is 35.5 Å². The normalized spacial score (nSPS) is 10.4. The Morgan fingerprint density at radius 3 is 2.86 bits per heavy atom. The molecule has 1 heterocycles. The van der Waals surface area contributed by atoms with Crippen molar-refractivity contribution in [1.29, 1.82) is 0 Å². The molecule has 112 valence electrons. The number of aromatic nitrogens is 1. The highest BCUT2D eigenvalue weighted by Gasteiger charge is 2.15. The fourth-order valence-electron chi connectivity index (χ4n) is 2.12. The first-order valence-corrected chi connectivity index (χ1v) is 8.03. The van der Waals surface area contributed by atoms with Gasteiger partial charge >= 0.3 is 0 Å². The summed E-state index contributed by atoms with van der Waals surface area (Å²) in [4.78, 5) is 18.4. The van der Waals surface area contributed by atoms with Crippen molar-refractivity contribution in [1.82, 2.24) is 9.88 Å². The molecule has 0 bridgehead atoms. The van der Waals surface area contributed by atoms with Gasteiger partial charge in [0.25, 0.3) is 5.91 Å². The minimum atomic E-state index is 0.0301. The molecule has 0 fully saturated rings. The molecule has 1 N–H and O–H groups in total. The Morgan fingerprint density at radius 2 is 2.24 bits per heavy atom. The zero-order valence-corrected chi connectivity index (χ0v) is 13.5. The summed E-state index contributed by atoms with van der Waals surface area (Å²) >= 11 is 1.54. The van der Waals surface area contributed by atoms with Crippen molar-refractivity contribution in [2.75, 3.05) is 18.9 Å². The van der Waals surface area contributed by atoms with Crippen molar-refractivity contribution in [3.05, 3.63) is 45.9 Å². The summed E-state index contributed by atoms with van der Waals surface area (Å²) in [5.74, 6) is 0.0301. The molecule has 0 saturated carbocycles. The average Bonchev–Trinajstić information content (AvgIpc) is 2.97. The summed E-state index contributed by atoms with van der Waals surface area (Å²) in [6.45, 7) is 5.58. The number of hydrogen-bond donors (Lipinski definition) is 1. The van der Waals surface area contributed by atoms with Crippen LogP contribution in [0, 0.1) is 6.92 Å². The molecule has 0 unspecified atom stereocenters. The molecule has 1 aromatic heterocycles. The summed E-state index contributed by atoms with van der Waals surface area (Å²) in [5.41, 5.74) is 5.51. The SMILES string of the molecule is CCCNc1ccc(C(=O)N(C)Cc2cscn2)c(C)c1. The van der Waals surface area contributed by atoms with Crippen LogP contribution in [0.15, 0.2) is 29.1 Å². The van der Waals surface area contributed by atoms with Crippen molar-refractivity contribution < 1.29 is 4.79 Å². The maximum Gasteiger partial charge on any atom is 0.254 e. The van der Waals surface area contributed by atoms with Crippen molar-refractivity contribution in [2.45, 2.75) is 26.8 Å². The molecule has 0 aliphatic carbocycles. The molecule has 1 aromatic carbocycles. The second-order valence-electron chi connectivity index (χ2n) is 5.10. The highest BCUT2D eigenvalue weighted by molar-refractivity contribution is 7.07. The van der Waals surface area contributed by atoms with Crippen molar-refractivity contribution >= 4 is 22.9 Å². The number of carbonyl (C=O) groups excluding carboxylic acids is 1. The molecule has 5 heteroatoms. The van der Waals surface area contributed by atoms with Crippen molar-refractivity contribution in [2.24, 2.45) is 0 Å². The predicted octanol–water partition coefficient (Wildman–Crippen LogP) is 3.55. The molecule has 4 nitrogen and oxygen atoms in total. The summed E-state index contributed by atoms with van der Waals surface area (Å²) in [6.07, 6.45) is 1.08. The largest absolute Gasteiger partial charge is 0.385 e. The predicted molar refractivity (Wildman–Crippen MR) is 87.9 cm³/mol. The molecule has 0 saturated heterocycles. The Morgan fingerprint density at radius 1 is 1.43 bits per heavy atom. The average molecular weight is 303 g/mol. The molecule has 0 aliphatic heterocycles. The number of hydrogen-bond acceptors (Lipinski definition) is 4. The zero-order chi connectivity index (χ0) is 15.2. The molecule has 1 amide bonds. The lowest BCUT2D eigenvalue weighted by Crippen LogP contribution is -2.27. The van der Waals surface area contributed by atoms with E-state index >= 15 is 0 Å². The van der Waals surface area contributed by atoms with Gasteiger partial charge in [-0.2, -0.15) is 0 Å². The van der Waals surface area contributed by atoms with E-state index in [1.54, 1.807) is 21.7 Å². The summed E-state index contributed by atoms with van der Waals surface area (Å²) in [5, 5.41) is 5.30. The number of aryl methyl sites for hydroxylation is 1. The van der Waals surface area contributed by atoms with Gasteiger partial charge in [-0.05, 0) is 37.1 Å². The number of nitrogens with one attached hydrogen (secondary N) is 1. The number of carbonyl (C=O) groups is 1. The lowest BCUT2D eigenvalue weighted by Gasteiger charge is -2.18. The fraction of sp³-hybridized carbons (Fsp3) is 0.375. The van der Waals surface area contributed by atoms with Gasteiger partial charge < -0.3 is 10.2 Å². The lowest BCUT2D eigenvalue weighted by molar-refractivity contribution is 0.0783. The number of anilines is 1. The Balaban J connectivity index is 2.07. The van der Waals surface area contributed by atoms with Gasteiger partial charge in [0.05, 0.1) is 17.7 Å². The Bertz CT molecular complexity index is 596. The Hall–Kier alpha value is -1.88. The van der Waals surface area contributed by atoms with Gasteiger partial charge in [-0.15, -0.1) is 11.3 Å². The molecular formula is C16H21N3OS. The van der Waals surface area contributed by atoms with Crippen LogP contribution in [0.5, 0.6) is 0 Å². The maximum atomic E-state index is 12.5. The van der Waals surface area contributed by atoms with Gasteiger partial charge in [0.1, 0.15) is 0 Å². The molecular weight excluding hydrogens is 282 g/mol. The minimum absolute atomic E-state index is 0.0301. The molecule has 0 radical (unpaired) electrons. The molecule has 2 aromatic rings. The third kappa shape index (κ3) is 4.04. The molecule has 0 atom stereocenters. The number of rotatable bonds is 6. The van der Waals surface area contributed by atoms with E-state index in [0.29, 0.717) is 6.54 Å². The first-order valence-electron chi connectivity index (χ1n) is 7.09. The molecule has 2 rings (SSSR count). The Kier molecular flexibility index (Phi) is 5.33. The summed E-state index contributed by atoms with van der Waals surface area (Å²) in [6, 6.07) is 5.89. The van der Waals surface area contributed by atoms with Gasteiger partial charge in [0.2, 0.25) is 0 Å². The summed E-state index contributed by atoms with van der Waals surface area (Å²) in [7, 11) is 1.81. The number of amides is 1. The van der Waals surface area contributed by atoms with E-state index in [1.165, 1.54) is 0 Å². The highest BCUT2D eigenvalue weighted by Crippen LogP contribution is 2.17. The van der Waals surface area contributed by atoms with Gasteiger partial charge in [-0.25, -0.2) is 4.98 Å². The third-order valence-corrected chi connectivity index (χ3v) is 3.90. The number of thiazole rings is 1. The van der Waals surface area contributed by atoms with E-state index in [1.807, 2.05) is 37.6 Å². The second kappa shape index (κ2) is 7.22. The van der Waals surface area contributed by atoms with E-state index in [9.17, 15) is 4.79 Å². The van der Waals surface area contributed by atoms with Crippen LogP contribution in [0.25, 0.3) is 0 Å².